The first-order valence-corrected chi connectivity index (χ1v) is 9.28. The van der Waals surface area contributed by atoms with Crippen molar-refractivity contribution in [2.24, 2.45) is 0 Å². The lowest BCUT2D eigenvalue weighted by molar-refractivity contribution is -0.123. The van der Waals surface area contributed by atoms with Gasteiger partial charge in [-0.25, -0.2) is 0 Å². The van der Waals surface area contributed by atoms with Gasteiger partial charge in [-0.1, -0.05) is 6.07 Å². The van der Waals surface area contributed by atoms with E-state index in [0.29, 0.717) is 19.1 Å². The molecule has 1 saturated carbocycles. The summed E-state index contributed by atoms with van der Waals surface area (Å²) >= 11 is 0. The van der Waals surface area contributed by atoms with Crippen LogP contribution in [0.15, 0.2) is 18.2 Å². The highest BCUT2D eigenvalue weighted by molar-refractivity contribution is 5.78. The summed E-state index contributed by atoms with van der Waals surface area (Å²) in [6, 6.07) is 7.12. The Kier molecular flexibility index (Phi) is 4.81. The van der Waals surface area contributed by atoms with E-state index in [-0.39, 0.29) is 12.7 Å². The van der Waals surface area contributed by atoms with Crippen molar-refractivity contribution in [3.05, 3.63) is 23.8 Å². The number of nitrogens with one attached hydrogen (secondary N) is 1. The number of hydrogen-bond acceptors (Lipinski definition) is 5. The number of carbonyl (C=O) groups excluding carboxylic acids is 1. The minimum Gasteiger partial charge on any atom is -0.454 e. The fourth-order valence-corrected chi connectivity index (χ4v) is 3.77. The average molecular weight is 345 g/mol. The van der Waals surface area contributed by atoms with Crippen LogP contribution in [0.1, 0.15) is 31.2 Å². The summed E-state index contributed by atoms with van der Waals surface area (Å²) in [6.45, 7) is 3.67. The second-order valence-corrected chi connectivity index (χ2v) is 7.47. The maximum atomic E-state index is 12.3. The first-order valence-electron chi connectivity index (χ1n) is 9.28. The molecule has 6 heteroatoms. The monoisotopic (exact) mass is 345 g/mol. The summed E-state index contributed by atoms with van der Waals surface area (Å²) in [5.41, 5.74) is 1.12. The maximum Gasteiger partial charge on any atom is 0.234 e. The summed E-state index contributed by atoms with van der Waals surface area (Å²) in [5, 5.41) is 3.21. The van der Waals surface area contributed by atoms with E-state index >= 15 is 0 Å². The van der Waals surface area contributed by atoms with Crippen molar-refractivity contribution in [2.75, 3.05) is 33.5 Å². The second-order valence-electron chi connectivity index (χ2n) is 7.47. The normalized spacial score (nSPS) is 20.9. The van der Waals surface area contributed by atoms with Crippen LogP contribution in [0.3, 0.4) is 0 Å². The molecule has 136 valence electrons. The molecule has 25 heavy (non-hydrogen) atoms. The first-order chi connectivity index (χ1) is 12.2. The van der Waals surface area contributed by atoms with Crippen molar-refractivity contribution in [1.82, 2.24) is 15.1 Å². The Bertz CT molecular complexity index is 624. The zero-order valence-electron chi connectivity index (χ0n) is 14.9. The Morgan fingerprint density at radius 3 is 2.72 bits per heavy atom. The Morgan fingerprint density at radius 1 is 1.20 bits per heavy atom. The van der Waals surface area contributed by atoms with Crippen LogP contribution in [0.4, 0.5) is 0 Å². The van der Waals surface area contributed by atoms with E-state index in [9.17, 15) is 4.79 Å². The quantitative estimate of drug-likeness (QED) is 0.849. The topological polar surface area (TPSA) is 54.0 Å². The number of carbonyl (C=O) groups is 1. The first kappa shape index (κ1) is 16.7. The fourth-order valence-electron chi connectivity index (χ4n) is 3.77. The summed E-state index contributed by atoms with van der Waals surface area (Å²) in [6.07, 6.45) is 4.88. The largest absolute Gasteiger partial charge is 0.454 e. The molecule has 0 bridgehead atoms. The van der Waals surface area contributed by atoms with Crippen LogP contribution in [-0.4, -0.2) is 61.3 Å². The molecule has 1 amide bonds. The SMILES string of the molecule is CN(CC(=O)NC1CCN(C2CC2)CC1)Cc1ccc2c(c1)OCO2. The summed E-state index contributed by atoms with van der Waals surface area (Å²) < 4.78 is 10.7. The Hall–Kier alpha value is -1.79. The van der Waals surface area contributed by atoms with Crippen molar-refractivity contribution in [1.29, 1.82) is 0 Å². The highest BCUT2D eigenvalue weighted by atomic mass is 16.7. The van der Waals surface area contributed by atoms with Gasteiger partial charge in [0.05, 0.1) is 6.54 Å². The van der Waals surface area contributed by atoms with Crippen molar-refractivity contribution < 1.29 is 14.3 Å². The van der Waals surface area contributed by atoms with Gasteiger partial charge in [0.15, 0.2) is 11.5 Å². The van der Waals surface area contributed by atoms with Gasteiger partial charge in [-0.3, -0.25) is 9.69 Å². The molecule has 0 spiro atoms. The maximum absolute atomic E-state index is 12.3. The van der Waals surface area contributed by atoms with Gasteiger partial charge in [-0.2, -0.15) is 0 Å². The van der Waals surface area contributed by atoms with Crippen LogP contribution < -0.4 is 14.8 Å². The Labute approximate surface area is 149 Å². The molecule has 2 aliphatic heterocycles. The summed E-state index contributed by atoms with van der Waals surface area (Å²) in [5.74, 6) is 1.70. The fraction of sp³-hybridized carbons (Fsp3) is 0.632. The van der Waals surface area contributed by atoms with Crippen molar-refractivity contribution in [2.45, 2.75) is 44.3 Å². The lowest BCUT2D eigenvalue weighted by Crippen LogP contribution is -2.47. The predicted octanol–water partition coefficient (Wildman–Crippen LogP) is 1.59. The number of nitrogens with zero attached hydrogens (tertiary/aromatic N) is 2. The number of amides is 1. The van der Waals surface area contributed by atoms with Gasteiger partial charge in [0, 0.05) is 31.7 Å². The van der Waals surface area contributed by atoms with Gasteiger partial charge < -0.3 is 19.7 Å². The number of ether oxygens (including phenoxy) is 2. The molecule has 1 N–H and O–H groups in total. The highest BCUT2D eigenvalue weighted by Crippen LogP contribution is 2.32. The number of likely N-dealkylation sites (N-methyl/N-ethyl adjacent to an activating group) is 1. The molecule has 1 aromatic carbocycles. The molecule has 2 fully saturated rings. The van der Waals surface area contributed by atoms with E-state index in [1.54, 1.807) is 0 Å². The number of rotatable bonds is 6. The zero-order valence-corrected chi connectivity index (χ0v) is 14.9. The molecule has 0 aromatic heterocycles. The van der Waals surface area contributed by atoms with Crippen LogP contribution in [0.5, 0.6) is 11.5 Å². The second kappa shape index (κ2) is 7.22. The van der Waals surface area contributed by atoms with Gasteiger partial charge in [-0.05, 0) is 50.4 Å². The van der Waals surface area contributed by atoms with Crippen LogP contribution in [0.2, 0.25) is 0 Å². The third-order valence-corrected chi connectivity index (χ3v) is 5.26. The number of piperidine rings is 1. The predicted molar refractivity (Wildman–Crippen MR) is 94.7 cm³/mol. The lowest BCUT2D eigenvalue weighted by atomic mass is 10.0. The van der Waals surface area contributed by atoms with E-state index in [0.717, 1.165) is 49.0 Å². The molecule has 0 atom stereocenters. The van der Waals surface area contributed by atoms with Crippen LogP contribution in [0, 0.1) is 0 Å². The summed E-state index contributed by atoms with van der Waals surface area (Å²) in [4.78, 5) is 16.9. The van der Waals surface area contributed by atoms with Crippen LogP contribution in [0.25, 0.3) is 0 Å². The van der Waals surface area contributed by atoms with Crippen molar-refractivity contribution >= 4 is 5.91 Å². The average Bonchev–Trinajstić information content (AvgIpc) is 3.33. The molecule has 3 aliphatic rings. The molecule has 4 rings (SSSR count). The van der Waals surface area contributed by atoms with E-state index in [1.807, 2.05) is 30.1 Å². The number of likely N-dealkylation sites (tertiary alicyclic amines) is 1. The molecular formula is C19H27N3O3. The number of hydrogen-bond donors (Lipinski definition) is 1. The highest BCUT2D eigenvalue weighted by Gasteiger charge is 2.32. The van der Waals surface area contributed by atoms with E-state index in [4.69, 9.17) is 9.47 Å². The standard InChI is InChI=1S/C19H27N3O3/c1-21(11-14-2-5-17-18(10-14)25-13-24-17)12-19(23)20-15-6-8-22(9-7-15)16-3-4-16/h2,5,10,15-16H,3-4,6-9,11-13H2,1H3,(H,20,23). The molecule has 2 heterocycles. The zero-order chi connectivity index (χ0) is 17.2. The Morgan fingerprint density at radius 2 is 1.96 bits per heavy atom. The third-order valence-electron chi connectivity index (χ3n) is 5.26. The van der Waals surface area contributed by atoms with Gasteiger partial charge in [-0.15, -0.1) is 0 Å². The summed E-state index contributed by atoms with van der Waals surface area (Å²) in [7, 11) is 1.97. The van der Waals surface area contributed by atoms with Gasteiger partial charge in [0.25, 0.3) is 0 Å². The smallest absolute Gasteiger partial charge is 0.234 e. The number of benzene rings is 1. The molecule has 1 aromatic rings. The molecule has 1 aliphatic carbocycles. The van der Waals surface area contributed by atoms with Gasteiger partial charge >= 0.3 is 0 Å². The Balaban J connectivity index is 1.21. The number of fused-ring (bicyclic) bond motifs is 1. The minimum atomic E-state index is 0.119. The lowest BCUT2D eigenvalue weighted by Gasteiger charge is -2.32. The van der Waals surface area contributed by atoms with Gasteiger partial charge in [0.2, 0.25) is 12.7 Å². The molecule has 0 radical (unpaired) electrons. The molecule has 1 saturated heterocycles. The van der Waals surface area contributed by atoms with Crippen molar-refractivity contribution in [3.8, 4) is 11.5 Å². The van der Waals surface area contributed by atoms with E-state index in [2.05, 4.69) is 10.2 Å². The van der Waals surface area contributed by atoms with Crippen LogP contribution >= 0.6 is 0 Å². The van der Waals surface area contributed by atoms with E-state index in [1.165, 1.54) is 12.8 Å². The van der Waals surface area contributed by atoms with Crippen molar-refractivity contribution in [3.63, 3.8) is 0 Å². The third kappa shape index (κ3) is 4.25. The van der Waals surface area contributed by atoms with E-state index < -0.39 is 0 Å². The van der Waals surface area contributed by atoms with Gasteiger partial charge in [0.1, 0.15) is 0 Å². The molecule has 6 nitrogen and oxygen atoms in total. The van der Waals surface area contributed by atoms with Crippen LogP contribution in [-0.2, 0) is 11.3 Å². The molecule has 0 unspecified atom stereocenters. The molecular weight excluding hydrogens is 318 g/mol. The minimum absolute atomic E-state index is 0.119.